The van der Waals surface area contributed by atoms with Crippen LogP contribution in [-0.2, 0) is 10.0 Å². The van der Waals surface area contributed by atoms with E-state index in [1.165, 1.54) is 10.6 Å². The smallest absolute Gasteiger partial charge is 0.319 e. The molecule has 0 aliphatic heterocycles. The Morgan fingerprint density at radius 2 is 1.60 bits per heavy atom. The highest BCUT2D eigenvalue weighted by Gasteiger charge is 2.24. The van der Waals surface area contributed by atoms with Gasteiger partial charge in [-0.25, -0.2) is 13.2 Å². The molecule has 0 saturated heterocycles. The second-order valence-corrected chi connectivity index (χ2v) is 7.64. The number of hydrogen-bond acceptors (Lipinski definition) is 3. The van der Waals surface area contributed by atoms with E-state index in [-0.39, 0.29) is 25.2 Å². The summed E-state index contributed by atoms with van der Waals surface area (Å²) in [4.78, 5) is 11.9. The Balaban J connectivity index is 1.93. The Kier molecular flexibility index (Phi) is 6.55. The molecular formula is C18H23N3O3S. The molecule has 2 rings (SSSR count). The summed E-state index contributed by atoms with van der Waals surface area (Å²) in [5.74, 6) is 0. The number of amides is 2. The SMILES string of the molecule is CC(c1ccccc1)N(CCNC(=O)Nc1ccccc1)S(C)(=O)=O. The molecule has 0 heterocycles. The van der Waals surface area contributed by atoms with Crippen molar-refractivity contribution in [2.45, 2.75) is 13.0 Å². The molecule has 0 spiro atoms. The minimum absolute atomic E-state index is 0.192. The number of rotatable bonds is 7. The quantitative estimate of drug-likeness (QED) is 0.796. The van der Waals surface area contributed by atoms with Gasteiger partial charge in [-0.3, -0.25) is 0 Å². The predicted octanol–water partition coefficient (Wildman–Crippen LogP) is 2.83. The number of anilines is 1. The Morgan fingerprint density at radius 3 is 2.16 bits per heavy atom. The lowest BCUT2D eigenvalue weighted by Gasteiger charge is -2.27. The maximum absolute atomic E-state index is 12.1. The molecule has 2 aromatic carbocycles. The number of carbonyl (C=O) groups excluding carboxylic acids is 1. The van der Waals surface area contributed by atoms with Gasteiger partial charge in [0.1, 0.15) is 0 Å². The van der Waals surface area contributed by atoms with Crippen LogP contribution >= 0.6 is 0 Å². The van der Waals surface area contributed by atoms with E-state index >= 15 is 0 Å². The van der Waals surface area contributed by atoms with Gasteiger partial charge >= 0.3 is 6.03 Å². The van der Waals surface area contributed by atoms with Gasteiger partial charge in [-0.05, 0) is 24.6 Å². The van der Waals surface area contributed by atoms with E-state index in [1.807, 2.05) is 55.5 Å². The monoisotopic (exact) mass is 361 g/mol. The first kappa shape index (κ1) is 19.0. The first-order chi connectivity index (χ1) is 11.9. The lowest BCUT2D eigenvalue weighted by molar-refractivity contribution is 0.250. The summed E-state index contributed by atoms with van der Waals surface area (Å²) in [6.07, 6.45) is 1.18. The topological polar surface area (TPSA) is 78.5 Å². The molecule has 0 saturated carbocycles. The van der Waals surface area contributed by atoms with E-state index in [1.54, 1.807) is 12.1 Å². The van der Waals surface area contributed by atoms with E-state index in [9.17, 15) is 13.2 Å². The van der Waals surface area contributed by atoms with E-state index in [0.29, 0.717) is 5.69 Å². The largest absolute Gasteiger partial charge is 0.337 e. The molecule has 7 heteroatoms. The van der Waals surface area contributed by atoms with Gasteiger partial charge in [-0.15, -0.1) is 0 Å². The summed E-state index contributed by atoms with van der Waals surface area (Å²) in [5, 5.41) is 5.38. The van der Waals surface area contributed by atoms with Crippen LogP contribution in [0, 0.1) is 0 Å². The molecule has 1 atom stereocenters. The van der Waals surface area contributed by atoms with Crippen LogP contribution in [0.1, 0.15) is 18.5 Å². The fourth-order valence-electron chi connectivity index (χ4n) is 2.52. The Bertz CT molecular complexity index is 780. The van der Waals surface area contributed by atoms with Crippen molar-refractivity contribution in [3.63, 3.8) is 0 Å². The van der Waals surface area contributed by atoms with E-state index in [4.69, 9.17) is 0 Å². The minimum atomic E-state index is -3.41. The molecule has 1 unspecified atom stereocenters. The first-order valence-electron chi connectivity index (χ1n) is 7.99. The minimum Gasteiger partial charge on any atom is -0.337 e. The summed E-state index contributed by atoms with van der Waals surface area (Å²) < 4.78 is 25.6. The molecule has 2 amide bonds. The normalized spacial score (nSPS) is 12.6. The molecule has 0 aromatic heterocycles. The fourth-order valence-corrected chi connectivity index (χ4v) is 3.64. The highest BCUT2D eigenvalue weighted by Crippen LogP contribution is 2.21. The second-order valence-electron chi connectivity index (χ2n) is 5.71. The number of nitrogens with one attached hydrogen (secondary N) is 2. The number of urea groups is 1. The third kappa shape index (κ3) is 5.88. The zero-order valence-electron chi connectivity index (χ0n) is 14.3. The number of benzene rings is 2. The molecule has 2 N–H and O–H groups in total. The van der Waals surface area contributed by atoms with Crippen molar-refractivity contribution in [1.82, 2.24) is 9.62 Å². The number of carbonyl (C=O) groups is 1. The maximum atomic E-state index is 12.1. The molecule has 25 heavy (non-hydrogen) atoms. The van der Waals surface area contributed by atoms with Crippen molar-refractivity contribution in [3.8, 4) is 0 Å². The highest BCUT2D eigenvalue weighted by molar-refractivity contribution is 7.88. The molecular weight excluding hydrogens is 338 g/mol. The lowest BCUT2D eigenvalue weighted by atomic mass is 10.1. The van der Waals surface area contributed by atoms with Gasteiger partial charge in [0.15, 0.2) is 0 Å². The summed E-state index contributed by atoms with van der Waals surface area (Å²) in [6.45, 7) is 2.24. The van der Waals surface area contributed by atoms with Crippen molar-refractivity contribution in [2.75, 3.05) is 24.7 Å². The molecule has 0 bridgehead atoms. The van der Waals surface area contributed by atoms with Crippen molar-refractivity contribution >= 4 is 21.7 Å². The van der Waals surface area contributed by atoms with Gasteiger partial charge in [0.25, 0.3) is 0 Å². The lowest BCUT2D eigenvalue weighted by Crippen LogP contribution is -2.40. The number of nitrogens with zero attached hydrogens (tertiary/aromatic N) is 1. The Hall–Kier alpha value is -2.38. The van der Waals surface area contributed by atoms with Gasteiger partial charge in [-0.2, -0.15) is 4.31 Å². The summed E-state index contributed by atoms with van der Waals surface area (Å²) >= 11 is 0. The van der Waals surface area contributed by atoms with Crippen LogP contribution in [0.15, 0.2) is 60.7 Å². The number of hydrogen-bond donors (Lipinski definition) is 2. The molecule has 0 radical (unpaired) electrons. The second kappa shape index (κ2) is 8.64. The fraction of sp³-hybridized carbons (Fsp3) is 0.278. The summed E-state index contributed by atoms with van der Waals surface area (Å²) in [7, 11) is -3.41. The van der Waals surface area contributed by atoms with Crippen LogP contribution in [0.4, 0.5) is 10.5 Å². The molecule has 0 fully saturated rings. The van der Waals surface area contributed by atoms with Gasteiger partial charge in [0.05, 0.1) is 6.26 Å². The van der Waals surface area contributed by atoms with Crippen LogP contribution in [-0.4, -0.2) is 38.1 Å². The van der Waals surface area contributed by atoms with Crippen molar-refractivity contribution < 1.29 is 13.2 Å². The standard InChI is InChI=1S/C18H23N3O3S/c1-15(16-9-5-3-6-10-16)21(25(2,23)24)14-13-19-18(22)20-17-11-7-4-8-12-17/h3-12,15H,13-14H2,1-2H3,(H2,19,20,22). The maximum Gasteiger partial charge on any atom is 0.319 e. The van der Waals surface area contributed by atoms with E-state index in [2.05, 4.69) is 10.6 Å². The first-order valence-corrected chi connectivity index (χ1v) is 9.84. The third-order valence-electron chi connectivity index (χ3n) is 3.79. The van der Waals surface area contributed by atoms with Crippen molar-refractivity contribution in [1.29, 1.82) is 0 Å². The average molecular weight is 361 g/mol. The molecule has 6 nitrogen and oxygen atoms in total. The van der Waals surface area contributed by atoms with Crippen LogP contribution in [0.3, 0.4) is 0 Å². The zero-order valence-corrected chi connectivity index (χ0v) is 15.2. The molecule has 2 aromatic rings. The van der Waals surface area contributed by atoms with Gasteiger partial charge in [0.2, 0.25) is 10.0 Å². The highest BCUT2D eigenvalue weighted by atomic mass is 32.2. The van der Waals surface area contributed by atoms with Gasteiger partial charge in [-0.1, -0.05) is 48.5 Å². The van der Waals surface area contributed by atoms with E-state index < -0.39 is 10.0 Å². The zero-order chi connectivity index (χ0) is 18.3. The molecule has 0 aliphatic carbocycles. The van der Waals surface area contributed by atoms with Gasteiger partial charge in [0, 0.05) is 24.8 Å². The van der Waals surface area contributed by atoms with Crippen molar-refractivity contribution in [2.24, 2.45) is 0 Å². The predicted molar refractivity (Wildman–Crippen MR) is 99.9 cm³/mol. The van der Waals surface area contributed by atoms with Crippen LogP contribution in [0.25, 0.3) is 0 Å². The van der Waals surface area contributed by atoms with Crippen molar-refractivity contribution in [3.05, 3.63) is 66.2 Å². The van der Waals surface area contributed by atoms with Crippen LogP contribution < -0.4 is 10.6 Å². The summed E-state index contributed by atoms with van der Waals surface area (Å²) in [5.41, 5.74) is 1.58. The average Bonchev–Trinajstić information content (AvgIpc) is 2.59. The van der Waals surface area contributed by atoms with Crippen LogP contribution in [0.2, 0.25) is 0 Å². The van der Waals surface area contributed by atoms with E-state index in [0.717, 1.165) is 5.56 Å². The Morgan fingerprint density at radius 1 is 1.04 bits per heavy atom. The Labute approximate surface area is 148 Å². The molecule has 134 valence electrons. The molecule has 0 aliphatic rings. The number of para-hydroxylation sites is 1. The van der Waals surface area contributed by atoms with Gasteiger partial charge < -0.3 is 10.6 Å². The number of sulfonamides is 1. The summed E-state index contributed by atoms with van der Waals surface area (Å²) in [6, 6.07) is 17.8. The van der Waals surface area contributed by atoms with Crippen LogP contribution in [0.5, 0.6) is 0 Å². The third-order valence-corrected chi connectivity index (χ3v) is 5.14.